The van der Waals surface area contributed by atoms with E-state index in [1.807, 2.05) is 32.9 Å². The number of rotatable bonds is 11. The summed E-state index contributed by atoms with van der Waals surface area (Å²) >= 11 is 1.79. The summed E-state index contributed by atoms with van der Waals surface area (Å²) in [4.78, 5) is 56.4. The van der Waals surface area contributed by atoms with E-state index in [9.17, 15) is 19.2 Å². The van der Waals surface area contributed by atoms with E-state index in [0.29, 0.717) is 18.5 Å². The average molecular weight is 665 g/mol. The molecule has 0 radical (unpaired) electrons. The number of carbonyl (C=O) groups excluding carboxylic acids is 4. The van der Waals surface area contributed by atoms with Gasteiger partial charge in [-0.25, -0.2) is 9.10 Å². The predicted octanol–water partition coefficient (Wildman–Crippen LogP) is 4.05. The summed E-state index contributed by atoms with van der Waals surface area (Å²) in [6.07, 6.45) is 2.78. The first-order valence-corrected chi connectivity index (χ1v) is 17.4. The third-order valence-electron chi connectivity index (χ3n) is 8.86. The fourth-order valence-electron chi connectivity index (χ4n) is 6.44. The third-order valence-corrected chi connectivity index (χ3v) is 9.94. The highest BCUT2D eigenvalue weighted by Gasteiger charge is 2.36. The highest BCUT2D eigenvalue weighted by atomic mass is 32.2. The Morgan fingerprint density at radius 2 is 1.79 bits per heavy atom. The number of likely N-dealkylation sites (N-methyl/N-ethyl adjacent to an activating group) is 1. The molecule has 3 aliphatic rings. The van der Waals surface area contributed by atoms with Gasteiger partial charge in [0.1, 0.15) is 17.9 Å². The molecule has 2 fully saturated rings. The van der Waals surface area contributed by atoms with E-state index < -0.39 is 11.6 Å². The fourth-order valence-corrected chi connectivity index (χ4v) is 7.47. The highest BCUT2D eigenvalue weighted by Crippen LogP contribution is 2.31. The number of anilines is 1. The summed E-state index contributed by atoms with van der Waals surface area (Å²) < 4.78 is 7.78. The Labute approximate surface area is 282 Å². The summed E-state index contributed by atoms with van der Waals surface area (Å²) in [5.74, 6) is -0.404. The maximum atomic E-state index is 13.2. The second-order valence-electron chi connectivity index (χ2n) is 13.5. The van der Waals surface area contributed by atoms with E-state index in [-0.39, 0.29) is 30.4 Å². The Kier molecular flexibility index (Phi) is 11.5. The van der Waals surface area contributed by atoms with E-state index in [4.69, 9.17) is 4.74 Å². The Bertz CT molecular complexity index is 1430. The molecular weight excluding hydrogens is 616 g/mol. The molecule has 2 aromatic rings. The number of carbonyl (C=O) groups is 4. The molecule has 3 amide bonds. The topological polar surface area (TPSA) is 115 Å². The van der Waals surface area contributed by atoms with Crippen LogP contribution in [0.15, 0.2) is 47.4 Å². The van der Waals surface area contributed by atoms with Gasteiger partial charge in [0, 0.05) is 88.0 Å². The SMILES string of the molecule is CNC(=O)C(CCC=O)N1Cc2cc(N3CCN(Cc4cccc(SN5CCC(NC(=O)OC(C)(C)C)CC5)c4)CC3)ccc2C1=O. The fraction of sp³-hybridized carbons (Fsp3) is 0.543. The van der Waals surface area contributed by atoms with Crippen LogP contribution in [-0.2, 0) is 27.4 Å². The molecule has 2 aromatic carbocycles. The van der Waals surface area contributed by atoms with Gasteiger partial charge in [0.05, 0.1) is 0 Å². The zero-order chi connectivity index (χ0) is 33.6. The van der Waals surface area contributed by atoms with Crippen LogP contribution in [0, 0.1) is 0 Å². The van der Waals surface area contributed by atoms with E-state index in [0.717, 1.165) is 76.2 Å². The molecule has 254 valence electrons. The zero-order valence-corrected chi connectivity index (χ0v) is 28.8. The minimum absolute atomic E-state index is 0.140. The molecule has 0 aromatic heterocycles. The molecule has 1 unspecified atom stereocenters. The number of alkyl carbamates (subject to hydrolysis) is 1. The number of nitrogens with one attached hydrogen (secondary N) is 2. The van der Waals surface area contributed by atoms with Crippen LogP contribution in [-0.4, -0.2) is 102 Å². The monoisotopic (exact) mass is 664 g/mol. The number of piperazine rings is 1. The molecule has 47 heavy (non-hydrogen) atoms. The number of piperidine rings is 1. The van der Waals surface area contributed by atoms with Crippen LogP contribution < -0.4 is 15.5 Å². The van der Waals surface area contributed by atoms with Gasteiger partial charge < -0.3 is 30.0 Å². The van der Waals surface area contributed by atoms with Crippen molar-refractivity contribution >= 4 is 41.8 Å². The van der Waals surface area contributed by atoms with Gasteiger partial charge in [0.2, 0.25) is 5.91 Å². The van der Waals surface area contributed by atoms with Crippen molar-refractivity contribution in [1.29, 1.82) is 0 Å². The predicted molar refractivity (Wildman–Crippen MR) is 183 cm³/mol. The van der Waals surface area contributed by atoms with E-state index >= 15 is 0 Å². The molecule has 2 saturated heterocycles. The minimum atomic E-state index is -0.658. The van der Waals surface area contributed by atoms with E-state index in [1.165, 1.54) is 10.5 Å². The number of hydrogen-bond donors (Lipinski definition) is 2. The Hall–Kier alpha value is -3.61. The van der Waals surface area contributed by atoms with Gasteiger partial charge in [-0.1, -0.05) is 12.1 Å². The Balaban J connectivity index is 1.09. The van der Waals surface area contributed by atoms with Crippen molar-refractivity contribution in [3.05, 3.63) is 59.2 Å². The van der Waals surface area contributed by atoms with Gasteiger partial charge in [0.15, 0.2) is 0 Å². The lowest BCUT2D eigenvalue weighted by molar-refractivity contribution is -0.125. The van der Waals surface area contributed by atoms with Gasteiger partial charge >= 0.3 is 6.09 Å². The van der Waals surface area contributed by atoms with E-state index in [2.05, 4.69) is 55.1 Å². The van der Waals surface area contributed by atoms with Gasteiger partial charge in [-0.3, -0.25) is 14.5 Å². The number of hydrogen-bond acceptors (Lipinski definition) is 9. The molecule has 3 heterocycles. The van der Waals surface area contributed by atoms with Gasteiger partial charge in [-0.05, 0) is 93.4 Å². The summed E-state index contributed by atoms with van der Waals surface area (Å²) in [6, 6.07) is 14.2. The molecule has 0 saturated carbocycles. The van der Waals surface area contributed by atoms with Crippen LogP contribution in [0.2, 0.25) is 0 Å². The van der Waals surface area contributed by atoms with Crippen LogP contribution >= 0.6 is 11.9 Å². The lowest BCUT2D eigenvalue weighted by Gasteiger charge is -2.36. The number of fused-ring (bicyclic) bond motifs is 1. The molecule has 0 spiro atoms. The zero-order valence-electron chi connectivity index (χ0n) is 28.0. The first-order chi connectivity index (χ1) is 22.5. The molecule has 11 nitrogen and oxygen atoms in total. The van der Waals surface area contributed by atoms with Crippen molar-refractivity contribution in [2.24, 2.45) is 0 Å². The maximum absolute atomic E-state index is 13.2. The van der Waals surface area contributed by atoms with Crippen molar-refractivity contribution < 1.29 is 23.9 Å². The lowest BCUT2D eigenvalue weighted by atomic mass is 10.1. The molecule has 5 rings (SSSR count). The minimum Gasteiger partial charge on any atom is -0.444 e. The van der Waals surface area contributed by atoms with Crippen LogP contribution in [0.3, 0.4) is 0 Å². The molecule has 1 atom stereocenters. The van der Waals surface area contributed by atoms with Gasteiger partial charge in [-0.15, -0.1) is 0 Å². The van der Waals surface area contributed by atoms with Crippen molar-refractivity contribution in [3.8, 4) is 0 Å². The maximum Gasteiger partial charge on any atom is 0.407 e. The molecule has 3 aliphatic heterocycles. The normalized spacial score (nSPS) is 18.5. The molecule has 2 N–H and O–H groups in total. The molecule has 0 bridgehead atoms. The van der Waals surface area contributed by atoms with Crippen LogP contribution in [0.25, 0.3) is 0 Å². The first-order valence-electron chi connectivity index (χ1n) is 16.6. The number of aldehydes is 1. The van der Waals surface area contributed by atoms with Crippen LogP contribution in [0.4, 0.5) is 10.5 Å². The third kappa shape index (κ3) is 9.27. The summed E-state index contributed by atoms with van der Waals surface area (Å²) in [6.45, 7) is 12.3. The van der Waals surface area contributed by atoms with E-state index in [1.54, 1.807) is 23.9 Å². The Morgan fingerprint density at radius 3 is 2.47 bits per heavy atom. The van der Waals surface area contributed by atoms with Gasteiger partial charge in [0.25, 0.3) is 5.91 Å². The van der Waals surface area contributed by atoms with Crippen molar-refractivity contribution in [2.75, 3.05) is 51.2 Å². The molecule has 0 aliphatic carbocycles. The van der Waals surface area contributed by atoms with Gasteiger partial charge in [-0.2, -0.15) is 0 Å². The first kappa shape index (κ1) is 34.7. The average Bonchev–Trinajstić information content (AvgIpc) is 3.36. The summed E-state index contributed by atoms with van der Waals surface area (Å²) in [7, 11) is 1.55. The van der Waals surface area contributed by atoms with Crippen LogP contribution in [0.5, 0.6) is 0 Å². The molecule has 12 heteroatoms. The summed E-state index contributed by atoms with van der Waals surface area (Å²) in [5, 5.41) is 5.65. The van der Waals surface area contributed by atoms with Crippen molar-refractivity contribution in [1.82, 2.24) is 24.7 Å². The smallest absolute Gasteiger partial charge is 0.407 e. The number of ether oxygens (including phenoxy) is 1. The lowest BCUT2D eigenvalue weighted by Crippen LogP contribution is -2.46. The standard InChI is InChI=1S/C35H48N6O5S/c1-35(2,3)46-34(45)37-27-12-14-40(15-13-27)47-29-8-5-7-25(21-29)23-38-16-18-39(19-17-38)28-10-11-30-26(22-28)24-41(33(30)44)31(9-6-20-42)32(43)36-4/h5,7-8,10-11,20-22,27,31H,6,9,12-19,23-24H2,1-4H3,(H,36,43)(H,37,45). The van der Waals surface area contributed by atoms with Crippen molar-refractivity contribution in [2.45, 2.75) is 82.1 Å². The largest absolute Gasteiger partial charge is 0.444 e. The highest BCUT2D eigenvalue weighted by molar-refractivity contribution is 7.97. The van der Waals surface area contributed by atoms with Crippen LogP contribution in [0.1, 0.15) is 67.9 Å². The second kappa shape index (κ2) is 15.5. The number of nitrogens with zero attached hydrogens (tertiary/aromatic N) is 4. The molecular formula is C35H48N6O5S. The quantitative estimate of drug-likeness (QED) is 0.271. The number of amides is 3. The Morgan fingerprint density at radius 1 is 1.04 bits per heavy atom. The summed E-state index contributed by atoms with van der Waals surface area (Å²) in [5.41, 5.74) is 3.44. The second-order valence-corrected chi connectivity index (χ2v) is 14.7. The number of benzene rings is 2. The van der Waals surface area contributed by atoms with Crippen molar-refractivity contribution in [3.63, 3.8) is 0 Å².